The van der Waals surface area contributed by atoms with Gasteiger partial charge in [0.1, 0.15) is 0 Å². The van der Waals surface area contributed by atoms with Gasteiger partial charge in [-0.1, -0.05) is 29.8 Å². The van der Waals surface area contributed by atoms with Gasteiger partial charge in [0.15, 0.2) is 0 Å². The van der Waals surface area contributed by atoms with Crippen LogP contribution in [0.25, 0.3) is 5.57 Å². The third kappa shape index (κ3) is 1.26. The topological polar surface area (TPSA) is 3.24 Å². The molecular weight excluding hydrogens is 182 g/mol. The summed E-state index contributed by atoms with van der Waals surface area (Å²) in [6.07, 6.45) is 1.25. The molecule has 1 heteroatoms. The highest BCUT2D eigenvalue weighted by molar-refractivity contribution is 5.77. The number of hydrogen-bond donors (Lipinski definition) is 0. The molecule has 2 aliphatic rings. The van der Waals surface area contributed by atoms with Crippen molar-refractivity contribution in [3.8, 4) is 0 Å². The summed E-state index contributed by atoms with van der Waals surface area (Å²) in [5.41, 5.74) is 6.28. The fourth-order valence-corrected chi connectivity index (χ4v) is 3.05. The molecule has 0 N–H and O–H groups in total. The monoisotopic (exact) mass is 199 g/mol. The van der Waals surface area contributed by atoms with E-state index in [-0.39, 0.29) is 0 Å². The Labute approximate surface area is 91.4 Å². The summed E-state index contributed by atoms with van der Waals surface area (Å²) in [6.45, 7) is 4.71. The molecule has 1 aromatic rings. The van der Waals surface area contributed by atoms with Gasteiger partial charge < -0.3 is 4.90 Å². The predicted octanol–water partition coefficient (Wildman–Crippen LogP) is 2.89. The van der Waals surface area contributed by atoms with Crippen LogP contribution in [0.3, 0.4) is 0 Å². The first-order valence-electron chi connectivity index (χ1n) is 5.75. The highest BCUT2D eigenvalue weighted by atomic mass is 15.1. The van der Waals surface area contributed by atoms with Crippen molar-refractivity contribution in [2.75, 3.05) is 20.1 Å². The number of rotatable bonds is 0. The smallest absolute Gasteiger partial charge is 0.0188 e. The lowest BCUT2D eigenvalue weighted by Gasteiger charge is -2.30. The Morgan fingerprint density at radius 3 is 2.93 bits per heavy atom. The van der Waals surface area contributed by atoms with Crippen molar-refractivity contribution >= 4 is 5.57 Å². The number of nitrogens with zero attached hydrogens (tertiary/aromatic N) is 1. The van der Waals surface area contributed by atoms with Gasteiger partial charge in [0.25, 0.3) is 0 Å². The van der Waals surface area contributed by atoms with Crippen molar-refractivity contribution in [3.05, 3.63) is 41.0 Å². The van der Waals surface area contributed by atoms with Crippen molar-refractivity contribution in [1.82, 2.24) is 4.90 Å². The molecule has 3 rings (SSSR count). The van der Waals surface area contributed by atoms with Crippen LogP contribution in [-0.2, 0) is 0 Å². The van der Waals surface area contributed by atoms with Gasteiger partial charge in [-0.3, -0.25) is 0 Å². The van der Waals surface area contributed by atoms with Crippen LogP contribution >= 0.6 is 0 Å². The molecule has 1 nitrogen and oxygen atoms in total. The molecule has 1 heterocycles. The molecule has 1 fully saturated rings. The molecule has 15 heavy (non-hydrogen) atoms. The molecule has 0 aromatic heterocycles. The van der Waals surface area contributed by atoms with Gasteiger partial charge in [0.2, 0.25) is 0 Å². The van der Waals surface area contributed by atoms with Crippen LogP contribution in [0.2, 0.25) is 0 Å². The van der Waals surface area contributed by atoms with E-state index in [1.54, 1.807) is 16.7 Å². The molecule has 1 atom stereocenters. The van der Waals surface area contributed by atoms with Crippen LogP contribution in [0.1, 0.15) is 30.4 Å². The average Bonchev–Trinajstić information content (AvgIpc) is 2.54. The number of likely N-dealkylation sites (N-methyl/N-ethyl adjacent to an activating group) is 1. The van der Waals surface area contributed by atoms with E-state index in [2.05, 4.69) is 43.1 Å². The van der Waals surface area contributed by atoms with Gasteiger partial charge in [-0.2, -0.15) is 0 Å². The van der Waals surface area contributed by atoms with Gasteiger partial charge in [-0.05, 0) is 37.1 Å². The molecule has 0 spiro atoms. The van der Waals surface area contributed by atoms with Crippen LogP contribution in [0.4, 0.5) is 0 Å². The highest BCUT2D eigenvalue weighted by Gasteiger charge is 2.32. The average molecular weight is 199 g/mol. The second-order valence-corrected chi connectivity index (χ2v) is 4.80. The lowest BCUT2D eigenvalue weighted by atomic mass is 9.90. The lowest BCUT2D eigenvalue weighted by Crippen LogP contribution is -2.31. The van der Waals surface area contributed by atoms with E-state index in [1.807, 2.05) is 0 Å². The van der Waals surface area contributed by atoms with Crippen molar-refractivity contribution in [2.45, 2.75) is 19.3 Å². The van der Waals surface area contributed by atoms with Crippen LogP contribution < -0.4 is 0 Å². The SMILES string of the molecule is CC1=C2CCN(C)CC2c2ccccc21. The number of fused-ring (bicyclic) bond motifs is 3. The van der Waals surface area contributed by atoms with E-state index in [0.29, 0.717) is 5.92 Å². The van der Waals surface area contributed by atoms with Gasteiger partial charge in [-0.15, -0.1) is 0 Å². The number of hydrogen-bond acceptors (Lipinski definition) is 1. The molecule has 0 amide bonds. The minimum absolute atomic E-state index is 0.681. The van der Waals surface area contributed by atoms with E-state index in [9.17, 15) is 0 Å². The first kappa shape index (κ1) is 9.17. The number of likely N-dealkylation sites (tertiary alicyclic amines) is 1. The number of benzene rings is 1. The molecule has 1 aliphatic carbocycles. The molecule has 1 aliphatic heterocycles. The molecular formula is C14H17N. The van der Waals surface area contributed by atoms with Crippen molar-refractivity contribution < 1.29 is 0 Å². The van der Waals surface area contributed by atoms with Gasteiger partial charge >= 0.3 is 0 Å². The largest absolute Gasteiger partial charge is 0.305 e. The zero-order valence-electron chi connectivity index (χ0n) is 9.46. The molecule has 1 unspecified atom stereocenters. The fraction of sp³-hybridized carbons (Fsp3) is 0.429. The zero-order chi connectivity index (χ0) is 10.4. The fourth-order valence-electron chi connectivity index (χ4n) is 3.05. The third-order valence-corrected chi connectivity index (χ3v) is 3.90. The minimum atomic E-state index is 0.681. The molecule has 1 aromatic carbocycles. The molecule has 1 saturated heterocycles. The van der Waals surface area contributed by atoms with Crippen LogP contribution in [0, 0.1) is 0 Å². The maximum atomic E-state index is 2.45. The van der Waals surface area contributed by atoms with Gasteiger partial charge in [-0.25, -0.2) is 0 Å². The summed E-state index contributed by atoms with van der Waals surface area (Å²) in [4.78, 5) is 2.45. The van der Waals surface area contributed by atoms with Crippen LogP contribution in [0.5, 0.6) is 0 Å². The minimum Gasteiger partial charge on any atom is -0.305 e. The molecule has 0 bridgehead atoms. The maximum absolute atomic E-state index is 2.45. The Balaban J connectivity index is 2.11. The third-order valence-electron chi connectivity index (χ3n) is 3.90. The summed E-state index contributed by atoms with van der Waals surface area (Å²) < 4.78 is 0. The molecule has 0 radical (unpaired) electrons. The first-order valence-corrected chi connectivity index (χ1v) is 5.75. The van der Waals surface area contributed by atoms with Gasteiger partial charge in [0.05, 0.1) is 0 Å². The standard InChI is InChI=1S/C14H17N/c1-10-11-5-3-4-6-13(11)14-9-15(2)8-7-12(10)14/h3-6,14H,7-9H2,1-2H3. The first-order chi connectivity index (χ1) is 7.27. The molecule has 78 valence electrons. The Bertz CT molecular complexity index is 431. The van der Waals surface area contributed by atoms with E-state index < -0.39 is 0 Å². The van der Waals surface area contributed by atoms with E-state index in [4.69, 9.17) is 0 Å². The van der Waals surface area contributed by atoms with Crippen LogP contribution in [0.15, 0.2) is 29.8 Å². The molecule has 0 saturated carbocycles. The summed E-state index contributed by atoms with van der Waals surface area (Å²) in [5, 5.41) is 0. The summed E-state index contributed by atoms with van der Waals surface area (Å²) in [5.74, 6) is 0.681. The quantitative estimate of drug-likeness (QED) is 0.621. The van der Waals surface area contributed by atoms with Crippen molar-refractivity contribution in [1.29, 1.82) is 0 Å². The van der Waals surface area contributed by atoms with E-state index in [1.165, 1.54) is 25.1 Å². The zero-order valence-corrected chi connectivity index (χ0v) is 9.46. The van der Waals surface area contributed by atoms with Crippen LogP contribution in [-0.4, -0.2) is 25.0 Å². The Morgan fingerprint density at radius 1 is 1.27 bits per heavy atom. The Hall–Kier alpha value is -1.08. The summed E-state index contributed by atoms with van der Waals surface area (Å²) in [6, 6.07) is 8.90. The predicted molar refractivity (Wildman–Crippen MR) is 63.9 cm³/mol. The second-order valence-electron chi connectivity index (χ2n) is 4.80. The summed E-state index contributed by atoms with van der Waals surface area (Å²) in [7, 11) is 2.23. The van der Waals surface area contributed by atoms with Gasteiger partial charge in [0, 0.05) is 19.0 Å². The summed E-state index contributed by atoms with van der Waals surface area (Å²) >= 11 is 0. The second kappa shape index (κ2) is 3.21. The maximum Gasteiger partial charge on any atom is 0.0188 e. The lowest BCUT2D eigenvalue weighted by molar-refractivity contribution is 0.294. The Kier molecular flexibility index (Phi) is 1.96. The van der Waals surface area contributed by atoms with E-state index >= 15 is 0 Å². The number of allylic oxidation sites excluding steroid dienone is 1. The Morgan fingerprint density at radius 2 is 2.07 bits per heavy atom. The van der Waals surface area contributed by atoms with Crippen molar-refractivity contribution in [2.24, 2.45) is 0 Å². The van der Waals surface area contributed by atoms with Crippen molar-refractivity contribution in [3.63, 3.8) is 0 Å². The van der Waals surface area contributed by atoms with E-state index in [0.717, 1.165) is 0 Å². The normalized spacial score (nSPS) is 25.3. The highest BCUT2D eigenvalue weighted by Crippen LogP contribution is 2.45. The number of piperidine rings is 1.